The molecule has 3 heterocycles. The smallest absolute Gasteiger partial charge is 0.250 e. The van der Waals surface area contributed by atoms with Crippen molar-refractivity contribution in [3.05, 3.63) is 98.7 Å². The Balaban J connectivity index is 1.96. The van der Waals surface area contributed by atoms with Crippen molar-refractivity contribution in [1.29, 1.82) is 0 Å². The van der Waals surface area contributed by atoms with E-state index in [-0.39, 0.29) is 17.0 Å². The molecule has 1 aliphatic heterocycles. The standard InChI is InChI=1S/C22H18F4N4O/c1-11-18(24)19(25)17(20(26)27-11)22(14-5-7-15(23)8-6-14)12(2)28-21(29-22)13-4-9-16(31)30(3)10-13/h4-10,12H,1-3H3,(H,28,29)/t12-,22+/m0/s1. The van der Waals surface area contributed by atoms with Gasteiger partial charge >= 0.3 is 0 Å². The number of benzene rings is 1. The van der Waals surface area contributed by atoms with Gasteiger partial charge in [-0.3, -0.25) is 9.79 Å². The van der Waals surface area contributed by atoms with Crippen molar-refractivity contribution in [2.45, 2.75) is 25.4 Å². The van der Waals surface area contributed by atoms with Crippen LogP contribution >= 0.6 is 0 Å². The van der Waals surface area contributed by atoms with E-state index in [0.717, 1.165) is 19.1 Å². The number of aryl methyl sites for hydroxylation is 2. The molecule has 1 aromatic carbocycles. The Kier molecular flexibility index (Phi) is 4.91. The summed E-state index contributed by atoms with van der Waals surface area (Å²) in [7, 11) is 1.55. The van der Waals surface area contributed by atoms with Crippen LogP contribution < -0.4 is 10.9 Å². The van der Waals surface area contributed by atoms with Crippen LogP contribution in [0.25, 0.3) is 0 Å². The quantitative estimate of drug-likeness (QED) is 0.512. The lowest BCUT2D eigenvalue weighted by Gasteiger charge is -2.35. The molecule has 0 unspecified atom stereocenters. The monoisotopic (exact) mass is 430 g/mol. The van der Waals surface area contributed by atoms with E-state index in [9.17, 15) is 13.6 Å². The third kappa shape index (κ3) is 3.20. The van der Waals surface area contributed by atoms with Crippen LogP contribution in [-0.4, -0.2) is 21.4 Å². The summed E-state index contributed by atoms with van der Waals surface area (Å²) in [5, 5.41) is 3.02. The molecule has 1 aliphatic rings. The summed E-state index contributed by atoms with van der Waals surface area (Å²) in [5.74, 6) is -4.17. The van der Waals surface area contributed by atoms with E-state index in [4.69, 9.17) is 0 Å². The minimum Gasteiger partial charge on any atom is -0.354 e. The highest BCUT2D eigenvalue weighted by Gasteiger charge is 2.50. The molecule has 31 heavy (non-hydrogen) atoms. The molecule has 0 aliphatic carbocycles. The highest BCUT2D eigenvalue weighted by atomic mass is 19.2. The van der Waals surface area contributed by atoms with Crippen LogP contribution in [0, 0.1) is 30.3 Å². The molecule has 2 aromatic heterocycles. The molecule has 0 saturated heterocycles. The van der Waals surface area contributed by atoms with Crippen LogP contribution in [0.5, 0.6) is 0 Å². The number of amidine groups is 1. The van der Waals surface area contributed by atoms with Crippen LogP contribution in [0.15, 0.2) is 52.4 Å². The van der Waals surface area contributed by atoms with Crippen molar-refractivity contribution in [2.24, 2.45) is 12.0 Å². The van der Waals surface area contributed by atoms with Gasteiger partial charge in [-0.2, -0.15) is 4.39 Å². The van der Waals surface area contributed by atoms with Crippen molar-refractivity contribution in [2.75, 3.05) is 0 Å². The Labute approximate surface area is 175 Å². The van der Waals surface area contributed by atoms with E-state index in [1.165, 1.54) is 35.0 Å². The SMILES string of the molecule is Cc1nc(F)c([C@@]2(c3ccc(F)cc3)NC(c3ccc(=O)n(C)c3)=N[C@H]2C)c(F)c1F. The first-order valence-corrected chi connectivity index (χ1v) is 9.45. The van der Waals surface area contributed by atoms with Crippen LogP contribution in [0.4, 0.5) is 17.6 Å². The first-order chi connectivity index (χ1) is 14.6. The van der Waals surface area contributed by atoms with Crippen molar-refractivity contribution < 1.29 is 17.6 Å². The van der Waals surface area contributed by atoms with Gasteiger partial charge in [-0.15, -0.1) is 0 Å². The number of aromatic nitrogens is 2. The van der Waals surface area contributed by atoms with Crippen molar-refractivity contribution >= 4 is 5.84 Å². The number of nitrogens with one attached hydrogen (secondary N) is 1. The zero-order valence-electron chi connectivity index (χ0n) is 16.9. The van der Waals surface area contributed by atoms with E-state index < -0.39 is 46.2 Å². The van der Waals surface area contributed by atoms with Gasteiger partial charge in [0.25, 0.3) is 0 Å². The summed E-state index contributed by atoms with van der Waals surface area (Å²) in [5.41, 5.74) is -2.27. The minimum absolute atomic E-state index is 0.243. The Morgan fingerprint density at radius 2 is 1.71 bits per heavy atom. The molecule has 1 N–H and O–H groups in total. The zero-order chi connectivity index (χ0) is 22.5. The molecule has 5 nitrogen and oxygen atoms in total. The third-order valence-corrected chi connectivity index (χ3v) is 5.52. The van der Waals surface area contributed by atoms with Crippen LogP contribution in [0.3, 0.4) is 0 Å². The fourth-order valence-electron chi connectivity index (χ4n) is 3.88. The highest BCUT2D eigenvalue weighted by molar-refractivity contribution is 6.01. The topological polar surface area (TPSA) is 59.3 Å². The van der Waals surface area contributed by atoms with E-state index in [1.807, 2.05) is 0 Å². The van der Waals surface area contributed by atoms with Gasteiger partial charge in [0.15, 0.2) is 11.6 Å². The number of rotatable bonds is 3. The van der Waals surface area contributed by atoms with Crippen LogP contribution in [-0.2, 0) is 12.6 Å². The summed E-state index contributed by atoms with van der Waals surface area (Å²) in [6.07, 6.45) is 1.52. The molecular weight excluding hydrogens is 412 g/mol. The largest absolute Gasteiger partial charge is 0.354 e. The molecule has 9 heteroatoms. The van der Waals surface area contributed by atoms with Gasteiger partial charge in [-0.05, 0) is 37.6 Å². The van der Waals surface area contributed by atoms with Crippen LogP contribution in [0.1, 0.15) is 29.3 Å². The Morgan fingerprint density at radius 3 is 2.35 bits per heavy atom. The van der Waals surface area contributed by atoms with Gasteiger partial charge in [0.05, 0.1) is 17.3 Å². The summed E-state index contributed by atoms with van der Waals surface area (Å²) in [6.45, 7) is 2.76. The maximum absolute atomic E-state index is 15.1. The Hall–Kier alpha value is -3.49. The second-order valence-electron chi connectivity index (χ2n) is 7.45. The van der Waals surface area contributed by atoms with Crippen molar-refractivity contribution in [3.8, 4) is 0 Å². The Morgan fingerprint density at radius 1 is 1.03 bits per heavy atom. The van der Waals surface area contributed by atoms with Crippen molar-refractivity contribution in [1.82, 2.24) is 14.9 Å². The second-order valence-corrected chi connectivity index (χ2v) is 7.45. The molecule has 3 aromatic rings. The van der Waals surface area contributed by atoms with E-state index in [1.54, 1.807) is 14.0 Å². The lowest BCUT2D eigenvalue weighted by atomic mass is 9.78. The second kappa shape index (κ2) is 7.33. The molecular formula is C22H18F4N4O. The van der Waals surface area contributed by atoms with Crippen LogP contribution in [0.2, 0.25) is 0 Å². The lowest BCUT2D eigenvalue weighted by molar-refractivity contribution is 0.362. The molecule has 160 valence electrons. The average molecular weight is 430 g/mol. The van der Waals surface area contributed by atoms with Gasteiger partial charge in [0, 0.05) is 24.9 Å². The fraction of sp³-hybridized carbons (Fsp3) is 0.227. The van der Waals surface area contributed by atoms with Crippen molar-refractivity contribution in [3.63, 3.8) is 0 Å². The molecule has 0 fully saturated rings. The molecule has 0 saturated carbocycles. The number of halogens is 4. The molecule has 0 bridgehead atoms. The zero-order valence-corrected chi connectivity index (χ0v) is 16.9. The number of nitrogens with zero attached hydrogens (tertiary/aromatic N) is 3. The van der Waals surface area contributed by atoms with Gasteiger partial charge in [-0.1, -0.05) is 12.1 Å². The summed E-state index contributed by atoms with van der Waals surface area (Å²) < 4.78 is 59.6. The van der Waals surface area contributed by atoms with Gasteiger partial charge in [0.2, 0.25) is 11.5 Å². The fourth-order valence-corrected chi connectivity index (χ4v) is 3.88. The predicted octanol–water partition coefficient (Wildman–Crippen LogP) is 3.33. The summed E-state index contributed by atoms with van der Waals surface area (Å²) >= 11 is 0. The number of aliphatic imine (C=N–C) groups is 1. The molecule has 4 rings (SSSR count). The number of pyridine rings is 2. The van der Waals surface area contributed by atoms with Gasteiger partial charge in [-0.25, -0.2) is 18.2 Å². The molecule has 0 amide bonds. The normalized spacial score (nSPS) is 20.5. The third-order valence-electron chi connectivity index (χ3n) is 5.52. The predicted molar refractivity (Wildman–Crippen MR) is 107 cm³/mol. The molecule has 0 spiro atoms. The van der Waals surface area contributed by atoms with E-state index >= 15 is 8.78 Å². The minimum atomic E-state index is -1.70. The Bertz CT molecular complexity index is 1270. The van der Waals surface area contributed by atoms with E-state index in [0.29, 0.717) is 5.56 Å². The summed E-state index contributed by atoms with van der Waals surface area (Å²) in [4.78, 5) is 19.8. The maximum atomic E-state index is 15.1. The lowest BCUT2D eigenvalue weighted by Crippen LogP contribution is -2.49. The number of hydrogen-bond donors (Lipinski definition) is 1. The molecule has 0 radical (unpaired) electrons. The summed E-state index contributed by atoms with van der Waals surface area (Å²) in [6, 6.07) is 7.01. The van der Waals surface area contributed by atoms with Gasteiger partial charge < -0.3 is 9.88 Å². The average Bonchev–Trinajstić information content (AvgIpc) is 3.07. The molecule has 2 atom stereocenters. The van der Waals surface area contributed by atoms with E-state index in [2.05, 4.69) is 15.3 Å². The number of hydrogen-bond acceptors (Lipinski definition) is 4. The first-order valence-electron chi connectivity index (χ1n) is 9.45. The highest BCUT2D eigenvalue weighted by Crippen LogP contribution is 2.41. The van der Waals surface area contributed by atoms with Gasteiger partial charge in [0.1, 0.15) is 17.2 Å². The first kappa shape index (κ1) is 20.8. The maximum Gasteiger partial charge on any atom is 0.250 e.